The highest BCUT2D eigenvalue weighted by molar-refractivity contribution is 7.84. The molecule has 0 fully saturated rings. The van der Waals surface area contributed by atoms with E-state index in [2.05, 4.69) is 39.1 Å². The first-order valence-electron chi connectivity index (χ1n) is 3.79. The fourth-order valence-electron chi connectivity index (χ4n) is 0.649. The molecule has 0 aliphatic rings. The molecule has 0 N–H and O–H groups in total. The van der Waals surface area contributed by atoms with Crippen LogP contribution in [0.3, 0.4) is 0 Å². The van der Waals surface area contributed by atoms with Crippen molar-refractivity contribution in [2.24, 2.45) is 0 Å². The molecule has 0 saturated heterocycles. The van der Waals surface area contributed by atoms with E-state index in [4.69, 9.17) is 0 Å². The maximum atomic E-state index is 4.29. The maximum absolute atomic E-state index is 4.29. The van der Waals surface area contributed by atoms with Gasteiger partial charge in [0.15, 0.2) is 0 Å². The van der Waals surface area contributed by atoms with Crippen LogP contribution < -0.4 is 0 Å². The van der Waals surface area contributed by atoms with E-state index in [1.807, 2.05) is 13.0 Å². The van der Waals surface area contributed by atoms with Crippen molar-refractivity contribution in [3.05, 3.63) is 34.8 Å². The second kappa shape index (κ2) is 5.25. The lowest BCUT2D eigenvalue weighted by Gasteiger charge is -1.95. The molecule has 0 aromatic heterocycles. The number of rotatable bonds is 3. The molecule has 0 amide bonds. The van der Waals surface area contributed by atoms with Crippen molar-refractivity contribution in [2.75, 3.05) is 0 Å². The summed E-state index contributed by atoms with van der Waals surface area (Å²) in [4.78, 5) is 0.983. The topological polar surface area (TPSA) is 0 Å². The summed E-state index contributed by atoms with van der Waals surface area (Å²) < 4.78 is 0. The molecule has 0 atom stereocenters. The van der Waals surface area contributed by atoms with Gasteiger partial charge in [0.2, 0.25) is 0 Å². The summed E-state index contributed by atoms with van der Waals surface area (Å²) >= 11 is 4.29. The van der Waals surface area contributed by atoms with Crippen LogP contribution in [0.5, 0.6) is 0 Å². The van der Waals surface area contributed by atoms with E-state index in [1.165, 1.54) is 5.57 Å². The quantitative estimate of drug-likeness (QED) is 0.482. The average Bonchev–Trinajstić information content (AvgIpc) is 1.85. The van der Waals surface area contributed by atoms with Gasteiger partial charge in [-0.3, -0.25) is 0 Å². The third kappa shape index (κ3) is 5.99. The lowest BCUT2D eigenvalue weighted by molar-refractivity contribution is 1.10. The van der Waals surface area contributed by atoms with Crippen LogP contribution in [0.4, 0.5) is 0 Å². The van der Waals surface area contributed by atoms with Crippen molar-refractivity contribution in [2.45, 2.75) is 27.2 Å². The summed E-state index contributed by atoms with van der Waals surface area (Å²) in [6.07, 6.45) is 5.11. The summed E-state index contributed by atoms with van der Waals surface area (Å²) in [5.74, 6) is 0. The summed E-state index contributed by atoms with van der Waals surface area (Å²) in [7, 11) is 0. The van der Waals surface area contributed by atoms with Gasteiger partial charge in [-0.15, -0.1) is 12.6 Å². The second-order valence-corrected chi connectivity index (χ2v) is 3.28. The van der Waals surface area contributed by atoms with Gasteiger partial charge in [-0.1, -0.05) is 24.6 Å². The molecule has 11 heavy (non-hydrogen) atoms. The average molecular weight is 168 g/mol. The highest BCUT2D eigenvalue weighted by Crippen LogP contribution is 2.10. The van der Waals surface area contributed by atoms with Gasteiger partial charge < -0.3 is 0 Å². The first-order chi connectivity index (χ1) is 5.06. The normalized spacial score (nSPS) is 13.5. The Hall–Kier alpha value is -0.430. The van der Waals surface area contributed by atoms with Gasteiger partial charge in [0, 0.05) is 4.91 Å². The summed E-state index contributed by atoms with van der Waals surface area (Å²) in [5.41, 5.74) is 2.38. The predicted molar refractivity (Wildman–Crippen MR) is 55.9 cm³/mol. The second-order valence-electron chi connectivity index (χ2n) is 2.76. The summed E-state index contributed by atoms with van der Waals surface area (Å²) in [5, 5.41) is 0. The number of hydrogen-bond acceptors (Lipinski definition) is 1. The number of thiol groups is 1. The van der Waals surface area contributed by atoms with Gasteiger partial charge in [-0.25, -0.2) is 0 Å². The third-order valence-corrected chi connectivity index (χ3v) is 1.60. The first-order valence-corrected chi connectivity index (χ1v) is 4.24. The lowest BCUT2D eigenvalue weighted by atomic mass is 10.2. The van der Waals surface area contributed by atoms with E-state index in [0.717, 1.165) is 16.9 Å². The zero-order valence-electron chi connectivity index (χ0n) is 7.52. The zero-order valence-corrected chi connectivity index (χ0v) is 8.41. The fourth-order valence-corrected chi connectivity index (χ4v) is 1.09. The standard InChI is InChI=1S/C10H16S/c1-5-9(4)7-10(11)6-8(2)3/h6-7,11H,2,5H2,1,3-4H3/b9-7-,10-6+. The minimum absolute atomic E-state index is 0.983. The molecule has 0 unspecified atom stereocenters. The Morgan fingerprint density at radius 2 is 1.91 bits per heavy atom. The largest absolute Gasteiger partial charge is 0.143 e. The van der Waals surface area contributed by atoms with E-state index in [0.29, 0.717) is 0 Å². The SMILES string of the molecule is C=C(C)/C=C(S)\C=C(\C)CC. The van der Waals surface area contributed by atoms with Gasteiger partial charge in [-0.05, 0) is 32.4 Å². The molecule has 0 aromatic rings. The van der Waals surface area contributed by atoms with Gasteiger partial charge in [-0.2, -0.15) is 0 Å². The highest BCUT2D eigenvalue weighted by atomic mass is 32.1. The Balaban J connectivity index is 4.26. The smallest absolute Gasteiger partial charge is 0.00418 e. The monoisotopic (exact) mass is 168 g/mol. The van der Waals surface area contributed by atoms with Crippen molar-refractivity contribution in [3.8, 4) is 0 Å². The number of allylic oxidation sites excluding steroid dienone is 4. The van der Waals surface area contributed by atoms with Crippen molar-refractivity contribution in [3.63, 3.8) is 0 Å². The van der Waals surface area contributed by atoms with Crippen molar-refractivity contribution < 1.29 is 0 Å². The van der Waals surface area contributed by atoms with E-state index in [9.17, 15) is 0 Å². The fraction of sp³-hybridized carbons (Fsp3) is 0.400. The van der Waals surface area contributed by atoms with E-state index in [-0.39, 0.29) is 0 Å². The van der Waals surface area contributed by atoms with Crippen LogP contribution in [-0.4, -0.2) is 0 Å². The zero-order chi connectivity index (χ0) is 8.85. The molecule has 0 aliphatic heterocycles. The summed E-state index contributed by atoms with van der Waals surface area (Å²) in [6, 6.07) is 0. The Morgan fingerprint density at radius 1 is 1.36 bits per heavy atom. The lowest BCUT2D eigenvalue weighted by Crippen LogP contribution is -1.73. The molecule has 62 valence electrons. The summed E-state index contributed by atoms with van der Waals surface area (Å²) in [6.45, 7) is 9.97. The molecule has 0 bridgehead atoms. The van der Waals surface area contributed by atoms with Crippen LogP contribution in [0.25, 0.3) is 0 Å². The van der Waals surface area contributed by atoms with E-state index >= 15 is 0 Å². The molecule has 0 heterocycles. The molecule has 0 spiro atoms. The highest BCUT2D eigenvalue weighted by Gasteiger charge is 1.86. The molecule has 0 radical (unpaired) electrons. The minimum atomic E-state index is 0.983. The van der Waals surface area contributed by atoms with Gasteiger partial charge in [0.25, 0.3) is 0 Å². The van der Waals surface area contributed by atoms with Crippen LogP contribution in [0, 0.1) is 0 Å². The van der Waals surface area contributed by atoms with Crippen LogP contribution in [0.1, 0.15) is 27.2 Å². The molecule has 0 aromatic carbocycles. The Bertz CT molecular complexity index is 197. The van der Waals surface area contributed by atoms with Crippen LogP contribution >= 0.6 is 12.6 Å². The first kappa shape index (κ1) is 10.6. The van der Waals surface area contributed by atoms with Gasteiger partial charge in [0.05, 0.1) is 0 Å². The van der Waals surface area contributed by atoms with Crippen molar-refractivity contribution in [1.82, 2.24) is 0 Å². The Labute approximate surface area is 75.1 Å². The molecule has 0 rings (SSSR count). The third-order valence-electron chi connectivity index (χ3n) is 1.35. The molecular weight excluding hydrogens is 152 g/mol. The molecule has 0 aliphatic carbocycles. The molecule has 0 nitrogen and oxygen atoms in total. The van der Waals surface area contributed by atoms with Crippen LogP contribution in [-0.2, 0) is 0 Å². The van der Waals surface area contributed by atoms with Crippen molar-refractivity contribution in [1.29, 1.82) is 0 Å². The van der Waals surface area contributed by atoms with E-state index in [1.54, 1.807) is 0 Å². The van der Waals surface area contributed by atoms with E-state index < -0.39 is 0 Å². The van der Waals surface area contributed by atoms with Crippen LogP contribution in [0.15, 0.2) is 34.8 Å². The number of hydrogen-bond donors (Lipinski definition) is 1. The Kier molecular flexibility index (Phi) is 5.05. The minimum Gasteiger partial charge on any atom is -0.143 e. The molecular formula is C10H16S. The Morgan fingerprint density at radius 3 is 2.27 bits per heavy atom. The van der Waals surface area contributed by atoms with Gasteiger partial charge >= 0.3 is 0 Å². The van der Waals surface area contributed by atoms with Gasteiger partial charge in [0.1, 0.15) is 0 Å². The molecule has 1 heteroatoms. The molecule has 0 saturated carbocycles. The maximum Gasteiger partial charge on any atom is 0.00418 e. The van der Waals surface area contributed by atoms with Crippen molar-refractivity contribution >= 4 is 12.6 Å². The predicted octanol–water partition coefficient (Wildman–Crippen LogP) is 3.73. The van der Waals surface area contributed by atoms with Crippen LogP contribution in [0.2, 0.25) is 0 Å².